The van der Waals surface area contributed by atoms with Crippen LogP contribution in [0.4, 0.5) is 10.1 Å². The number of carbonyl (C=O) groups excluding carboxylic acids is 2. The Morgan fingerprint density at radius 1 is 1.20 bits per heavy atom. The van der Waals surface area contributed by atoms with Crippen LogP contribution >= 0.6 is 15.9 Å². The maximum Gasteiger partial charge on any atom is 0.245 e. The highest BCUT2D eigenvalue weighted by atomic mass is 79.9. The SMILES string of the molecule is O=C(NN=Cc1ccc(F)cc1)C1CC(=O)N(c2ccc(Br)cc2)C1. The molecule has 1 fully saturated rings. The number of rotatable bonds is 4. The van der Waals surface area contributed by atoms with Gasteiger partial charge >= 0.3 is 0 Å². The first kappa shape index (κ1) is 17.3. The average molecular weight is 404 g/mol. The quantitative estimate of drug-likeness (QED) is 0.629. The molecule has 5 nitrogen and oxygen atoms in total. The molecular weight excluding hydrogens is 389 g/mol. The van der Waals surface area contributed by atoms with Gasteiger partial charge in [-0.15, -0.1) is 0 Å². The number of hydrogen-bond donors (Lipinski definition) is 1. The molecule has 0 bridgehead atoms. The van der Waals surface area contributed by atoms with Gasteiger partial charge in [0.1, 0.15) is 5.82 Å². The molecule has 25 heavy (non-hydrogen) atoms. The van der Waals surface area contributed by atoms with Crippen molar-refractivity contribution in [1.82, 2.24) is 5.43 Å². The lowest BCUT2D eigenvalue weighted by Gasteiger charge is -2.16. The molecule has 1 aliphatic rings. The van der Waals surface area contributed by atoms with Crippen molar-refractivity contribution in [1.29, 1.82) is 0 Å². The number of hydrazone groups is 1. The number of halogens is 2. The number of nitrogens with zero attached hydrogens (tertiary/aromatic N) is 2. The van der Waals surface area contributed by atoms with Gasteiger partial charge in [-0.05, 0) is 42.0 Å². The van der Waals surface area contributed by atoms with Crippen molar-refractivity contribution in [3.63, 3.8) is 0 Å². The smallest absolute Gasteiger partial charge is 0.245 e. The van der Waals surface area contributed by atoms with Gasteiger partial charge < -0.3 is 4.90 Å². The van der Waals surface area contributed by atoms with E-state index >= 15 is 0 Å². The first-order chi connectivity index (χ1) is 12.0. The summed E-state index contributed by atoms with van der Waals surface area (Å²) in [6.07, 6.45) is 1.58. The Balaban J connectivity index is 1.59. The van der Waals surface area contributed by atoms with Crippen molar-refractivity contribution in [3.8, 4) is 0 Å². The topological polar surface area (TPSA) is 61.8 Å². The fourth-order valence-corrected chi connectivity index (χ4v) is 2.83. The van der Waals surface area contributed by atoms with Crippen LogP contribution in [-0.4, -0.2) is 24.6 Å². The third kappa shape index (κ3) is 4.30. The van der Waals surface area contributed by atoms with E-state index in [4.69, 9.17) is 0 Å². The summed E-state index contributed by atoms with van der Waals surface area (Å²) in [5.74, 6) is -1.20. The van der Waals surface area contributed by atoms with Crippen LogP contribution in [0.3, 0.4) is 0 Å². The molecule has 0 spiro atoms. The number of anilines is 1. The summed E-state index contributed by atoms with van der Waals surface area (Å²) in [5.41, 5.74) is 3.87. The molecule has 1 heterocycles. The van der Waals surface area contributed by atoms with Crippen LogP contribution in [0.2, 0.25) is 0 Å². The monoisotopic (exact) mass is 403 g/mol. The van der Waals surface area contributed by atoms with Crippen molar-refractivity contribution in [2.24, 2.45) is 11.0 Å². The van der Waals surface area contributed by atoms with Gasteiger partial charge in [-0.3, -0.25) is 9.59 Å². The maximum atomic E-state index is 12.8. The summed E-state index contributed by atoms with van der Waals surface area (Å²) in [6, 6.07) is 13.1. The molecule has 3 rings (SSSR count). The number of amides is 2. The molecule has 1 unspecified atom stereocenters. The van der Waals surface area contributed by atoms with E-state index in [1.54, 1.807) is 17.0 Å². The molecule has 2 aromatic rings. The van der Waals surface area contributed by atoms with Gasteiger partial charge in [-0.25, -0.2) is 9.82 Å². The Morgan fingerprint density at radius 3 is 2.56 bits per heavy atom. The fourth-order valence-electron chi connectivity index (χ4n) is 2.56. The minimum Gasteiger partial charge on any atom is -0.312 e. The van der Waals surface area contributed by atoms with Crippen LogP contribution in [0, 0.1) is 11.7 Å². The molecule has 2 amide bonds. The highest BCUT2D eigenvalue weighted by Crippen LogP contribution is 2.26. The van der Waals surface area contributed by atoms with Crippen LogP contribution in [0.5, 0.6) is 0 Å². The van der Waals surface area contributed by atoms with Crippen LogP contribution in [0.1, 0.15) is 12.0 Å². The van der Waals surface area contributed by atoms with Gasteiger partial charge in [-0.2, -0.15) is 5.10 Å². The van der Waals surface area contributed by atoms with Gasteiger partial charge in [-0.1, -0.05) is 28.1 Å². The first-order valence-electron chi connectivity index (χ1n) is 7.67. The Kier molecular flexibility index (Phi) is 5.23. The standard InChI is InChI=1S/C18H15BrFN3O2/c19-14-3-7-16(8-4-14)23-11-13(9-17(23)24)18(25)22-21-10-12-1-5-15(20)6-2-12/h1-8,10,13H,9,11H2,(H,22,25). The third-order valence-corrected chi connectivity index (χ3v) is 4.42. The van der Waals surface area contributed by atoms with Crippen molar-refractivity contribution in [2.45, 2.75) is 6.42 Å². The van der Waals surface area contributed by atoms with E-state index in [1.165, 1.54) is 18.3 Å². The van der Waals surface area contributed by atoms with E-state index in [1.807, 2.05) is 24.3 Å². The van der Waals surface area contributed by atoms with Gasteiger partial charge in [0, 0.05) is 23.1 Å². The van der Waals surface area contributed by atoms with E-state index in [-0.39, 0.29) is 24.1 Å². The molecular formula is C18H15BrFN3O2. The zero-order valence-corrected chi connectivity index (χ0v) is 14.7. The normalized spacial score (nSPS) is 17.3. The molecule has 0 aliphatic carbocycles. The molecule has 0 saturated carbocycles. The Labute approximate surface area is 152 Å². The number of benzene rings is 2. The predicted molar refractivity (Wildman–Crippen MR) is 96.7 cm³/mol. The van der Waals surface area contributed by atoms with E-state index in [0.29, 0.717) is 12.1 Å². The lowest BCUT2D eigenvalue weighted by Crippen LogP contribution is -2.30. The van der Waals surface area contributed by atoms with Crippen molar-refractivity contribution in [2.75, 3.05) is 11.4 Å². The highest BCUT2D eigenvalue weighted by Gasteiger charge is 2.35. The molecule has 7 heteroatoms. The largest absolute Gasteiger partial charge is 0.312 e. The lowest BCUT2D eigenvalue weighted by atomic mass is 10.1. The van der Waals surface area contributed by atoms with Gasteiger partial charge in [0.25, 0.3) is 0 Å². The zero-order chi connectivity index (χ0) is 17.8. The molecule has 1 N–H and O–H groups in total. The fraction of sp³-hybridized carbons (Fsp3) is 0.167. The zero-order valence-electron chi connectivity index (χ0n) is 13.2. The summed E-state index contributed by atoms with van der Waals surface area (Å²) in [7, 11) is 0. The molecule has 1 atom stereocenters. The Bertz CT molecular complexity index is 806. The van der Waals surface area contributed by atoms with E-state index in [0.717, 1.165) is 10.2 Å². The van der Waals surface area contributed by atoms with Crippen LogP contribution in [-0.2, 0) is 9.59 Å². The average Bonchev–Trinajstić information content (AvgIpc) is 2.99. The molecule has 1 saturated heterocycles. The molecule has 0 radical (unpaired) electrons. The van der Waals surface area contributed by atoms with Crippen molar-refractivity contribution >= 4 is 39.6 Å². The Morgan fingerprint density at radius 2 is 1.88 bits per heavy atom. The summed E-state index contributed by atoms with van der Waals surface area (Å²) >= 11 is 3.35. The number of carbonyl (C=O) groups is 2. The second-order valence-corrected chi connectivity index (χ2v) is 6.58. The molecule has 0 aromatic heterocycles. The molecule has 128 valence electrons. The minimum atomic E-state index is -0.457. The summed E-state index contributed by atoms with van der Waals surface area (Å²) in [5, 5.41) is 3.87. The summed E-state index contributed by atoms with van der Waals surface area (Å²) < 4.78 is 13.7. The van der Waals surface area contributed by atoms with Crippen molar-refractivity contribution < 1.29 is 14.0 Å². The first-order valence-corrected chi connectivity index (χ1v) is 8.46. The third-order valence-electron chi connectivity index (χ3n) is 3.89. The lowest BCUT2D eigenvalue weighted by molar-refractivity contribution is -0.126. The second-order valence-electron chi connectivity index (χ2n) is 5.67. The van der Waals surface area contributed by atoms with Crippen molar-refractivity contribution in [3.05, 3.63) is 64.4 Å². The maximum absolute atomic E-state index is 12.8. The van der Waals surface area contributed by atoms with Crippen LogP contribution in [0.15, 0.2) is 58.1 Å². The number of nitrogens with one attached hydrogen (secondary N) is 1. The van der Waals surface area contributed by atoms with Gasteiger partial charge in [0.2, 0.25) is 11.8 Å². The van der Waals surface area contributed by atoms with E-state index in [9.17, 15) is 14.0 Å². The van der Waals surface area contributed by atoms with Crippen LogP contribution < -0.4 is 10.3 Å². The summed E-state index contributed by atoms with van der Waals surface area (Å²) in [6.45, 7) is 0.318. The second kappa shape index (κ2) is 7.57. The highest BCUT2D eigenvalue weighted by molar-refractivity contribution is 9.10. The van der Waals surface area contributed by atoms with Crippen LogP contribution in [0.25, 0.3) is 0 Å². The summed E-state index contributed by atoms with van der Waals surface area (Å²) in [4.78, 5) is 26.0. The van der Waals surface area contributed by atoms with Gasteiger partial charge in [0.15, 0.2) is 0 Å². The van der Waals surface area contributed by atoms with E-state index in [2.05, 4.69) is 26.5 Å². The van der Waals surface area contributed by atoms with Gasteiger partial charge in [0.05, 0.1) is 12.1 Å². The molecule has 1 aliphatic heterocycles. The minimum absolute atomic E-state index is 0.0926. The molecule has 2 aromatic carbocycles. The number of hydrogen-bond acceptors (Lipinski definition) is 3. The Hall–Kier alpha value is -2.54. The van der Waals surface area contributed by atoms with E-state index < -0.39 is 5.92 Å². The predicted octanol–water partition coefficient (Wildman–Crippen LogP) is 3.09.